The Kier molecular flexibility index (Phi) is 14.6. The van der Waals surface area contributed by atoms with E-state index in [1.165, 1.54) is 43.4 Å². The maximum absolute atomic E-state index is 12.7. The molecule has 2 fully saturated rings. The van der Waals surface area contributed by atoms with Gasteiger partial charge in [-0.25, -0.2) is 0 Å². The quantitative estimate of drug-likeness (QED) is 0.137. The molecular weight excluding hydrogens is 757 g/mol. The van der Waals surface area contributed by atoms with Crippen LogP contribution in [-0.2, 0) is 40.1 Å². The number of aldehydes is 1. The summed E-state index contributed by atoms with van der Waals surface area (Å²) in [6.45, 7) is 13.3. The van der Waals surface area contributed by atoms with E-state index in [0.29, 0.717) is 35.4 Å². The number of likely N-dealkylation sites (N-methyl/N-ethyl adjacent to an activating group) is 2. The number of ether oxygens (including phenoxy) is 2. The molecule has 4 atom stereocenters. The van der Waals surface area contributed by atoms with Crippen LogP contribution in [0.5, 0.6) is 23.0 Å². The van der Waals surface area contributed by atoms with E-state index in [1.807, 2.05) is 53.7 Å². The standard InChI is InChI=1S/C24H35NO4.C14H19NO2.C2HF3O.BrH/c1-23(2,3)21(26)28-19-11-10-15-14-18-16(9-8-12-25(18)7)13-17(15)20(19)29-22(27)24(4,5)6;1-15-6-2-3-10-7-11-9(8-12(10)15)4-5-13(16)14(11)17;3-2(4,5)1-6;/h10-11,16,18H,8-9,12-14H2,1-7H3;4-5,10,12,16-17H,2-3,6-8H2,1H3;1H;1H/t16-,18-;10-,12-;;/m11../s1. The Morgan fingerprint density at radius 3 is 1.64 bits per heavy atom. The molecule has 2 N–H and O–H groups in total. The van der Waals surface area contributed by atoms with Crippen LogP contribution >= 0.6 is 17.0 Å². The lowest BCUT2D eigenvalue weighted by atomic mass is 9.75. The van der Waals surface area contributed by atoms with Crippen molar-refractivity contribution in [3.05, 3.63) is 46.5 Å². The van der Waals surface area contributed by atoms with Gasteiger partial charge in [-0.15, -0.1) is 17.0 Å². The Bertz CT molecular complexity index is 1620. The van der Waals surface area contributed by atoms with Crippen LogP contribution in [0.25, 0.3) is 0 Å². The van der Waals surface area contributed by atoms with Crippen LogP contribution in [0.2, 0.25) is 0 Å². The van der Waals surface area contributed by atoms with Crippen molar-refractivity contribution >= 4 is 35.2 Å². The number of halogens is 4. The molecule has 4 aliphatic rings. The van der Waals surface area contributed by atoms with Crippen molar-refractivity contribution in [3.8, 4) is 23.0 Å². The first-order valence-electron chi connectivity index (χ1n) is 18.2. The summed E-state index contributed by atoms with van der Waals surface area (Å²) in [5.41, 5.74) is 3.11. The van der Waals surface area contributed by atoms with Crippen molar-refractivity contribution in [2.45, 2.75) is 111 Å². The van der Waals surface area contributed by atoms with Crippen LogP contribution in [0.3, 0.4) is 0 Å². The van der Waals surface area contributed by atoms with Gasteiger partial charge in [-0.1, -0.05) is 12.1 Å². The van der Waals surface area contributed by atoms with Crippen LogP contribution in [0, 0.1) is 22.7 Å². The summed E-state index contributed by atoms with van der Waals surface area (Å²) in [5.74, 6) is 1.42. The summed E-state index contributed by atoms with van der Waals surface area (Å²) >= 11 is 0. The third kappa shape index (κ3) is 11.2. The maximum Gasteiger partial charge on any atom is 0.446 e. The predicted molar refractivity (Wildman–Crippen MR) is 202 cm³/mol. The van der Waals surface area contributed by atoms with Gasteiger partial charge >= 0.3 is 18.1 Å². The zero-order valence-corrected chi connectivity index (χ0v) is 33.9. The third-order valence-electron chi connectivity index (χ3n) is 10.6. The lowest BCUT2D eigenvalue weighted by Crippen LogP contribution is -2.47. The van der Waals surface area contributed by atoms with E-state index in [1.54, 1.807) is 12.1 Å². The summed E-state index contributed by atoms with van der Waals surface area (Å²) in [7, 11) is 4.39. The third-order valence-corrected chi connectivity index (χ3v) is 10.6. The maximum atomic E-state index is 12.7. The number of esters is 2. The topological polar surface area (TPSA) is 117 Å². The fourth-order valence-corrected chi connectivity index (χ4v) is 7.58. The average Bonchev–Trinajstić information content (AvgIpc) is 3.06. The molecule has 0 unspecified atom stereocenters. The number of fused-ring (bicyclic) bond motifs is 4. The largest absolute Gasteiger partial charge is 0.504 e. The van der Waals surface area contributed by atoms with Gasteiger partial charge in [-0.3, -0.25) is 14.4 Å². The summed E-state index contributed by atoms with van der Waals surface area (Å²) < 4.78 is 42.9. The van der Waals surface area contributed by atoms with Gasteiger partial charge < -0.3 is 29.5 Å². The van der Waals surface area contributed by atoms with Crippen LogP contribution in [-0.4, -0.2) is 83.7 Å². The molecule has 9 nitrogen and oxygen atoms in total. The van der Waals surface area contributed by atoms with E-state index in [4.69, 9.17) is 14.3 Å². The molecule has 6 rings (SSSR count). The molecule has 296 valence electrons. The number of nitrogens with zero attached hydrogens (tertiary/aromatic N) is 2. The highest BCUT2D eigenvalue weighted by molar-refractivity contribution is 8.93. The number of likely N-dealkylation sites (tertiary alicyclic amines) is 2. The Labute approximate surface area is 322 Å². The zero-order chi connectivity index (χ0) is 38.8. The number of phenolic OH excluding ortho intramolecular Hbond substituents is 2. The molecule has 0 spiro atoms. The number of rotatable bonds is 2. The van der Waals surface area contributed by atoms with Crippen LogP contribution < -0.4 is 9.47 Å². The smallest absolute Gasteiger partial charge is 0.446 e. The van der Waals surface area contributed by atoms with E-state index in [-0.39, 0.29) is 40.4 Å². The normalized spacial score (nSPS) is 22.7. The molecule has 0 amide bonds. The van der Waals surface area contributed by atoms with Crippen molar-refractivity contribution in [1.82, 2.24) is 9.80 Å². The highest BCUT2D eigenvalue weighted by Gasteiger charge is 2.38. The first-order valence-corrected chi connectivity index (χ1v) is 18.2. The molecule has 2 aromatic rings. The highest BCUT2D eigenvalue weighted by atomic mass is 79.9. The monoisotopic (exact) mass is 812 g/mol. The van der Waals surface area contributed by atoms with E-state index in [2.05, 4.69) is 23.9 Å². The van der Waals surface area contributed by atoms with Gasteiger partial charge in [-0.05, 0) is 155 Å². The molecule has 0 radical (unpaired) electrons. The molecule has 13 heteroatoms. The summed E-state index contributed by atoms with van der Waals surface area (Å²) in [6, 6.07) is 8.52. The zero-order valence-electron chi connectivity index (χ0n) is 32.1. The molecule has 0 saturated carbocycles. The SMILES string of the molecule is Br.CN1CCC[C@@H]2Cc3c(ccc(O)c3O)C[C@H]21.CN1CCC[C@@H]2Cc3c(ccc(OC(=O)C(C)(C)C)c3OC(=O)C(C)(C)C)C[C@H]21.O=CC(F)(F)F. The number of carbonyl (C=O) groups is 3. The van der Waals surface area contributed by atoms with Crippen LogP contribution in [0.1, 0.15) is 89.5 Å². The molecule has 0 bridgehead atoms. The number of piperidine rings is 2. The first-order chi connectivity index (χ1) is 24.1. The number of hydrogen-bond donors (Lipinski definition) is 2. The van der Waals surface area contributed by atoms with Gasteiger partial charge in [0.05, 0.1) is 10.8 Å². The van der Waals surface area contributed by atoms with Gasteiger partial charge in [0.15, 0.2) is 23.0 Å². The van der Waals surface area contributed by atoms with E-state index >= 15 is 0 Å². The average molecular weight is 814 g/mol. The second kappa shape index (κ2) is 17.5. The van der Waals surface area contributed by atoms with Crippen LogP contribution in [0.4, 0.5) is 13.2 Å². The fourth-order valence-electron chi connectivity index (χ4n) is 7.58. The number of aromatic hydroxyl groups is 2. The molecule has 2 aliphatic heterocycles. The lowest BCUT2D eigenvalue weighted by Gasteiger charge is -2.43. The van der Waals surface area contributed by atoms with Gasteiger partial charge in [0.1, 0.15) is 0 Å². The molecule has 53 heavy (non-hydrogen) atoms. The second-order valence-electron chi connectivity index (χ2n) is 16.8. The number of benzene rings is 2. The summed E-state index contributed by atoms with van der Waals surface area (Å²) in [6.07, 6.45) is 2.83. The van der Waals surface area contributed by atoms with Gasteiger partial charge in [0.2, 0.25) is 6.29 Å². The molecular formula is C40H56BrF3N2O7. The van der Waals surface area contributed by atoms with Gasteiger partial charge in [0, 0.05) is 23.2 Å². The van der Waals surface area contributed by atoms with Crippen molar-refractivity contribution in [2.75, 3.05) is 27.2 Å². The van der Waals surface area contributed by atoms with Crippen molar-refractivity contribution in [2.24, 2.45) is 22.7 Å². The van der Waals surface area contributed by atoms with E-state index in [9.17, 15) is 33.0 Å². The first kappa shape index (κ1) is 44.2. The minimum Gasteiger partial charge on any atom is -0.504 e. The Morgan fingerprint density at radius 2 is 1.17 bits per heavy atom. The fraction of sp³-hybridized carbons (Fsp3) is 0.625. The van der Waals surface area contributed by atoms with Gasteiger partial charge in [-0.2, -0.15) is 13.2 Å². The molecule has 2 aromatic carbocycles. The van der Waals surface area contributed by atoms with Crippen molar-refractivity contribution in [3.63, 3.8) is 0 Å². The molecule has 2 saturated heterocycles. The molecule has 2 aliphatic carbocycles. The summed E-state index contributed by atoms with van der Waals surface area (Å²) in [5, 5.41) is 19.5. The number of phenols is 2. The molecule has 0 aromatic heterocycles. The Morgan fingerprint density at radius 1 is 0.736 bits per heavy atom. The minimum atomic E-state index is -4.64. The van der Waals surface area contributed by atoms with E-state index in [0.717, 1.165) is 43.4 Å². The summed E-state index contributed by atoms with van der Waals surface area (Å²) in [4.78, 5) is 38.9. The van der Waals surface area contributed by atoms with Gasteiger partial charge in [0.25, 0.3) is 0 Å². The molecule has 2 heterocycles. The van der Waals surface area contributed by atoms with Crippen molar-refractivity contribution < 1.29 is 47.2 Å². The minimum absolute atomic E-state index is 0. The Hall–Kier alpha value is -3.16. The Balaban J connectivity index is 0.000000265. The van der Waals surface area contributed by atoms with Crippen molar-refractivity contribution in [1.29, 1.82) is 0 Å². The number of carbonyl (C=O) groups excluding carboxylic acids is 3. The number of hydrogen-bond acceptors (Lipinski definition) is 9. The predicted octanol–water partition coefficient (Wildman–Crippen LogP) is 7.63. The van der Waals surface area contributed by atoms with Crippen LogP contribution in [0.15, 0.2) is 24.3 Å². The number of alkyl halides is 3. The van der Waals surface area contributed by atoms with E-state index < -0.39 is 23.3 Å². The highest BCUT2D eigenvalue weighted by Crippen LogP contribution is 2.44. The second-order valence-corrected chi connectivity index (χ2v) is 16.8. The lowest BCUT2D eigenvalue weighted by molar-refractivity contribution is -0.156.